The highest BCUT2D eigenvalue weighted by atomic mass is 16.1. The first-order chi connectivity index (χ1) is 13.0. The lowest BCUT2D eigenvalue weighted by Crippen LogP contribution is -2.43. The van der Waals surface area contributed by atoms with Crippen molar-refractivity contribution in [2.45, 2.75) is 52.7 Å². The number of imidazole rings is 1. The number of fused-ring (bicyclic) bond motifs is 3. The fourth-order valence-corrected chi connectivity index (χ4v) is 4.41. The number of benzene rings is 1. The summed E-state index contributed by atoms with van der Waals surface area (Å²) in [6.07, 6.45) is 2.65. The van der Waals surface area contributed by atoms with Gasteiger partial charge in [-0.25, -0.2) is 4.98 Å². The van der Waals surface area contributed by atoms with E-state index in [1.54, 1.807) is 0 Å². The van der Waals surface area contributed by atoms with Crippen LogP contribution in [0.5, 0.6) is 0 Å². The predicted octanol–water partition coefficient (Wildman–Crippen LogP) is 2.93. The lowest BCUT2D eigenvalue weighted by Gasteiger charge is -2.33. The van der Waals surface area contributed by atoms with Gasteiger partial charge in [0.25, 0.3) is 0 Å². The molecule has 1 amide bonds. The van der Waals surface area contributed by atoms with Gasteiger partial charge in [-0.1, -0.05) is 20.8 Å². The molecule has 1 N–H and O–H groups in total. The van der Waals surface area contributed by atoms with Gasteiger partial charge in [0, 0.05) is 37.3 Å². The molecule has 6 nitrogen and oxygen atoms in total. The van der Waals surface area contributed by atoms with Crippen molar-refractivity contribution in [3.63, 3.8) is 0 Å². The number of likely N-dealkylation sites (tertiary alicyclic amines) is 1. The molecule has 1 atom stereocenters. The third-order valence-corrected chi connectivity index (χ3v) is 6.00. The quantitative estimate of drug-likeness (QED) is 0.880. The summed E-state index contributed by atoms with van der Waals surface area (Å²) in [5.41, 5.74) is 2.98. The van der Waals surface area contributed by atoms with E-state index in [0.717, 1.165) is 49.8 Å². The van der Waals surface area contributed by atoms with Crippen LogP contribution >= 0.6 is 0 Å². The van der Waals surface area contributed by atoms with Gasteiger partial charge in [0.2, 0.25) is 5.91 Å². The minimum atomic E-state index is -0.0252. The highest BCUT2D eigenvalue weighted by molar-refractivity contribution is 5.94. The van der Waals surface area contributed by atoms with Gasteiger partial charge < -0.3 is 9.88 Å². The zero-order valence-electron chi connectivity index (χ0n) is 16.7. The first-order valence-electron chi connectivity index (χ1n) is 10.3. The zero-order valence-corrected chi connectivity index (χ0v) is 16.7. The molecule has 6 heteroatoms. The Balaban J connectivity index is 1.49. The number of amides is 1. The van der Waals surface area contributed by atoms with Gasteiger partial charge in [0.15, 0.2) is 0 Å². The molecule has 2 aliphatic heterocycles. The second-order valence-electron chi connectivity index (χ2n) is 8.19. The number of carbonyl (C=O) groups excluding carboxylic acids is 1. The van der Waals surface area contributed by atoms with Crippen LogP contribution in [0.3, 0.4) is 0 Å². The highest BCUT2D eigenvalue weighted by Gasteiger charge is 2.27. The Bertz CT molecular complexity index is 827. The topological polar surface area (TPSA) is 53.4 Å². The molecule has 3 heterocycles. The Morgan fingerprint density at radius 2 is 2.15 bits per heavy atom. The molecule has 1 fully saturated rings. The van der Waals surface area contributed by atoms with E-state index in [-0.39, 0.29) is 11.8 Å². The van der Waals surface area contributed by atoms with E-state index in [9.17, 15) is 4.79 Å². The summed E-state index contributed by atoms with van der Waals surface area (Å²) in [6, 6.07) is 6.78. The predicted molar refractivity (Wildman–Crippen MR) is 109 cm³/mol. The molecule has 0 aliphatic carbocycles. The van der Waals surface area contributed by atoms with Crippen molar-refractivity contribution in [1.82, 2.24) is 19.4 Å². The Morgan fingerprint density at radius 3 is 2.93 bits per heavy atom. The van der Waals surface area contributed by atoms with E-state index in [4.69, 9.17) is 4.98 Å². The number of anilines is 1. The normalized spacial score (nSPS) is 21.1. The number of aromatic nitrogens is 2. The molecule has 0 spiro atoms. The van der Waals surface area contributed by atoms with Gasteiger partial charge in [-0.15, -0.1) is 0 Å². The lowest BCUT2D eigenvalue weighted by molar-refractivity contribution is -0.118. The SMILES string of the molecule is CCN1CCCC1CN1CCn2c(nc3cc(NC(=O)C(C)C)ccc32)C1. The summed E-state index contributed by atoms with van der Waals surface area (Å²) in [7, 11) is 0. The van der Waals surface area contributed by atoms with Crippen LogP contribution in [0.4, 0.5) is 5.69 Å². The van der Waals surface area contributed by atoms with Crippen molar-refractivity contribution in [1.29, 1.82) is 0 Å². The van der Waals surface area contributed by atoms with Crippen LogP contribution in [0.15, 0.2) is 18.2 Å². The number of nitrogens with one attached hydrogen (secondary N) is 1. The average molecular weight is 370 g/mol. The van der Waals surface area contributed by atoms with E-state index >= 15 is 0 Å². The van der Waals surface area contributed by atoms with Crippen LogP contribution in [0, 0.1) is 5.92 Å². The summed E-state index contributed by atoms with van der Waals surface area (Å²) >= 11 is 0. The Labute approximate surface area is 161 Å². The van der Waals surface area contributed by atoms with Gasteiger partial charge >= 0.3 is 0 Å². The summed E-state index contributed by atoms with van der Waals surface area (Å²) in [5, 5.41) is 2.98. The maximum Gasteiger partial charge on any atom is 0.226 e. The third kappa shape index (κ3) is 3.73. The largest absolute Gasteiger partial charge is 0.326 e. The molecule has 0 bridgehead atoms. The fraction of sp³-hybridized carbons (Fsp3) is 0.619. The third-order valence-electron chi connectivity index (χ3n) is 6.00. The maximum absolute atomic E-state index is 12.0. The van der Waals surface area contributed by atoms with Crippen molar-refractivity contribution in [2.75, 3.05) is 31.5 Å². The van der Waals surface area contributed by atoms with Crippen LogP contribution < -0.4 is 5.32 Å². The maximum atomic E-state index is 12.0. The summed E-state index contributed by atoms with van der Waals surface area (Å²) in [4.78, 5) is 22.0. The molecule has 1 aromatic heterocycles. The number of nitrogens with zero attached hydrogens (tertiary/aromatic N) is 4. The van der Waals surface area contributed by atoms with Crippen LogP contribution in [0.2, 0.25) is 0 Å². The summed E-state index contributed by atoms with van der Waals surface area (Å²) in [5.74, 6) is 1.16. The molecule has 2 aliphatic rings. The van der Waals surface area contributed by atoms with Crippen molar-refractivity contribution in [3.8, 4) is 0 Å². The van der Waals surface area contributed by atoms with E-state index in [1.807, 2.05) is 26.0 Å². The minimum Gasteiger partial charge on any atom is -0.326 e. The molecule has 27 heavy (non-hydrogen) atoms. The molecular formula is C21H31N5O. The average Bonchev–Trinajstić information content (AvgIpc) is 3.24. The second-order valence-corrected chi connectivity index (χ2v) is 8.19. The summed E-state index contributed by atoms with van der Waals surface area (Å²) in [6.45, 7) is 12.6. The summed E-state index contributed by atoms with van der Waals surface area (Å²) < 4.78 is 2.34. The van der Waals surface area contributed by atoms with Crippen LogP contribution in [0.25, 0.3) is 11.0 Å². The number of hydrogen-bond acceptors (Lipinski definition) is 4. The van der Waals surface area contributed by atoms with Crippen LogP contribution in [-0.2, 0) is 17.9 Å². The van der Waals surface area contributed by atoms with E-state index < -0.39 is 0 Å². The van der Waals surface area contributed by atoms with Gasteiger partial charge in [0.05, 0.1) is 17.6 Å². The van der Waals surface area contributed by atoms with Crippen molar-refractivity contribution in [3.05, 3.63) is 24.0 Å². The standard InChI is InChI=1S/C21H31N5O/c1-4-25-9-5-6-17(25)13-24-10-11-26-19-8-7-16(22-21(27)15(2)3)12-18(19)23-20(26)14-24/h7-8,12,15,17H,4-6,9-11,13-14H2,1-3H3,(H,22,27). The number of carbonyl (C=O) groups is 1. The first-order valence-corrected chi connectivity index (χ1v) is 10.3. The van der Waals surface area contributed by atoms with Crippen LogP contribution in [-0.4, -0.2) is 57.5 Å². The Kier molecular flexibility index (Phi) is 5.19. The first kappa shape index (κ1) is 18.4. The Morgan fingerprint density at radius 1 is 1.30 bits per heavy atom. The van der Waals surface area contributed by atoms with Crippen LogP contribution in [0.1, 0.15) is 39.4 Å². The van der Waals surface area contributed by atoms with Crippen molar-refractivity contribution >= 4 is 22.6 Å². The molecule has 1 unspecified atom stereocenters. The van der Waals surface area contributed by atoms with Gasteiger partial charge in [-0.3, -0.25) is 14.6 Å². The van der Waals surface area contributed by atoms with E-state index in [2.05, 4.69) is 32.7 Å². The molecule has 146 valence electrons. The monoisotopic (exact) mass is 369 g/mol. The Hall–Kier alpha value is -1.92. The zero-order chi connectivity index (χ0) is 19.0. The smallest absolute Gasteiger partial charge is 0.226 e. The molecule has 1 aromatic carbocycles. The second kappa shape index (κ2) is 7.60. The van der Waals surface area contributed by atoms with E-state index in [1.165, 1.54) is 24.9 Å². The van der Waals surface area contributed by atoms with Gasteiger partial charge in [0.1, 0.15) is 5.82 Å². The van der Waals surface area contributed by atoms with E-state index in [0.29, 0.717) is 6.04 Å². The fourth-order valence-electron chi connectivity index (χ4n) is 4.41. The highest BCUT2D eigenvalue weighted by Crippen LogP contribution is 2.25. The van der Waals surface area contributed by atoms with Gasteiger partial charge in [-0.2, -0.15) is 0 Å². The molecule has 0 radical (unpaired) electrons. The molecular weight excluding hydrogens is 338 g/mol. The molecule has 1 saturated heterocycles. The minimum absolute atomic E-state index is 0.0252. The number of hydrogen-bond donors (Lipinski definition) is 1. The molecule has 4 rings (SSSR count). The lowest BCUT2D eigenvalue weighted by atomic mass is 10.2. The number of rotatable bonds is 5. The van der Waals surface area contributed by atoms with Crippen molar-refractivity contribution < 1.29 is 4.79 Å². The molecule has 0 saturated carbocycles. The van der Waals surface area contributed by atoms with Crippen molar-refractivity contribution in [2.24, 2.45) is 5.92 Å². The van der Waals surface area contributed by atoms with Gasteiger partial charge in [-0.05, 0) is 44.1 Å². The molecule has 2 aromatic rings. The number of likely N-dealkylation sites (N-methyl/N-ethyl adjacent to an activating group) is 1.